The number of carbonyl (C=O) groups is 3. The molecule has 0 bridgehead atoms. The molecule has 8 nitrogen and oxygen atoms in total. The Hall–Kier alpha value is -2.69. The van der Waals surface area contributed by atoms with Crippen LogP contribution in [-0.2, 0) is 41.6 Å². The van der Waals surface area contributed by atoms with Gasteiger partial charge in [-0.1, -0.05) is 31.7 Å². The van der Waals surface area contributed by atoms with Gasteiger partial charge in [-0.15, -0.1) is 34.0 Å². The maximum absolute atomic E-state index is 9.89. The van der Waals surface area contributed by atoms with Crippen LogP contribution >= 0.6 is 34.0 Å². The van der Waals surface area contributed by atoms with Gasteiger partial charge in [-0.05, 0) is 52.0 Å². The van der Waals surface area contributed by atoms with Crippen LogP contribution in [0.4, 0.5) is 0 Å². The molecule has 38 heavy (non-hydrogen) atoms. The Morgan fingerprint density at radius 1 is 0.842 bits per heavy atom. The zero-order valence-electron chi connectivity index (χ0n) is 22.4. The average molecular weight is 660 g/mol. The summed E-state index contributed by atoms with van der Waals surface area (Å²) in [6.45, 7) is 7.74. The number of ketones is 1. The summed E-state index contributed by atoms with van der Waals surface area (Å²) in [5, 5.41) is 8.28. The van der Waals surface area contributed by atoms with E-state index in [0.29, 0.717) is 0 Å². The standard InChI is InChI=1S/C19H22N4.C4H8O2.2C2H4O.CH4.2BrH/c1-20-14-22(18-10-5-3-8-16(18)20)12-7-13-23-15-21(2)17-9-4-6-11-19(17)23;1-3(5)4(2)6;2*1-2-3;;;/h3-6,8-11,14-15H,7,12-13H2,1-2H3;3,5H,1-2H3;2*2H,1H3;1H4;2*1H/q+2;;;;;;. The number of aromatic nitrogens is 4. The molecule has 0 saturated carbocycles. The number of benzene rings is 2. The summed E-state index contributed by atoms with van der Waals surface area (Å²) in [7, 11) is 4.22. The zero-order valence-corrected chi connectivity index (χ0v) is 25.8. The van der Waals surface area contributed by atoms with Crippen LogP contribution in [0.3, 0.4) is 0 Å². The number of carbonyl (C=O) groups excluding carboxylic acids is 3. The van der Waals surface area contributed by atoms with E-state index in [2.05, 4.69) is 93.5 Å². The highest BCUT2D eigenvalue weighted by Crippen LogP contribution is 2.13. The predicted octanol–water partition coefficient (Wildman–Crippen LogP) is 4.49. The van der Waals surface area contributed by atoms with Crippen LogP contribution in [0.2, 0.25) is 0 Å². The number of para-hydroxylation sites is 4. The minimum absolute atomic E-state index is 0. The number of fused-ring (bicyclic) bond motifs is 2. The number of hydrogen-bond donors (Lipinski definition) is 1. The summed E-state index contributed by atoms with van der Waals surface area (Å²) in [4.78, 5) is 27.5. The molecule has 1 N–H and O–H groups in total. The normalized spacial score (nSPS) is 9.87. The molecule has 0 aliphatic carbocycles. The molecule has 0 fully saturated rings. The monoisotopic (exact) mass is 658 g/mol. The molecule has 4 rings (SSSR count). The van der Waals surface area contributed by atoms with Gasteiger partial charge in [0.15, 0.2) is 27.9 Å². The molecular formula is C28H44Br2N4O4+2. The minimum atomic E-state index is -0.787. The third kappa shape index (κ3) is 12.2. The molecule has 4 aromatic rings. The Morgan fingerprint density at radius 3 is 1.42 bits per heavy atom. The van der Waals surface area contributed by atoms with Crippen LogP contribution in [0.1, 0.15) is 41.5 Å². The molecule has 1 unspecified atom stereocenters. The third-order valence-corrected chi connectivity index (χ3v) is 5.15. The lowest BCUT2D eigenvalue weighted by Crippen LogP contribution is -2.25. The molecule has 0 saturated heterocycles. The van der Waals surface area contributed by atoms with Crippen molar-refractivity contribution in [1.29, 1.82) is 0 Å². The summed E-state index contributed by atoms with van der Waals surface area (Å²) >= 11 is 0. The molecule has 0 amide bonds. The molecule has 1 atom stereocenters. The topological polar surface area (TPSA) is 89.1 Å². The van der Waals surface area contributed by atoms with Crippen LogP contribution in [0.15, 0.2) is 61.2 Å². The second-order valence-corrected chi connectivity index (χ2v) is 7.93. The van der Waals surface area contributed by atoms with Gasteiger partial charge in [0.25, 0.3) is 0 Å². The van der Waals surface area contributed by atoms with Crippen molar-refractivity contribution in [3.8, 4) is 0 Å². The van der Waals surface area contributed by atoms with Crippen LogP contribution in [-0.4, -0.2) is 38.7 Å². The van der Waals surface area contributed by atoms with Crippen molar-refractivity contribution in [3.63, 3.8) is 0 Å². The molecule has 0 spiro atoms. The van der Waals surface area contributed by atoms with Crippen molar-refractivity contribution in [2.45, 2.75) is 60.7 Å². The molecule has 0 radical (unpaired) electrons. The van der Waals surface area contributed by atoms with E-state index in [4.69, 9.17) is 14.7 Å². The number of aldehydes is 2. The Morgan fingerprint density at radius 2 is 1.13 bits per heavy atom. The van der Waals surface area contributed by atoms with Crippen LogP contribution in [0.25, 0.3) is 22.1 Å². The fraction of sp³-hybridized carbons (Fsp3) is 0.393. The van der Waals surface area contributed by atoms with Crippen molar-refractivity contribution in [2.24, 2.45) is 14.1 Å². The van der Waals surface area contributed by atoms with E-state index >= 15 is 0 Å². The van der Waals surface area contributed by atoms with Gasteiger partial charge in [0, 0.05) is 6.42 Å². The number of nitrogens with zero attached hydrogens (tertiary/aromatic N) is 4. The summed E-state index contributed by atoms with van der Waals surface area (Å²) in [5.41, 5.74) is 5.17. The number of Topliss-reactive ketones (excluding diaryl/α,β-unsaturated/α-hetero) is 1. The van der Waals surface area contributed by atoms with Crippen LogP contribution < -0.4 is 9.13 Å². The van der Waals surface area contributed by atoms with E-state index < -0.39 is 6.10 Å². The van der Waals surface area contributed by atoms with E-state index in [1.165, 1.54) is 49.8 Å². The number of halogens is 2. The van der Waals surface area contributed by atoms with Crippen LogP contribution in [0, 0.1) is 0 Å². The lowest BCUT2D eigenvalue weighted by Gasteiger charge is -1.98. The van der Waals surface area contributed by atoms with Gasteiger partial charge in [0.1, 0.15) is 18.7 Å². The number of aliphatic hydroxyl groups excluding tert-OH is 1. The molecule has 2 aromatic heterocycles. The fourth-order valence-electron chi connectivity index (χ4n) is 3.45. The largest absolute Gasteiger partial charge is 0.386 e. The maximum Gasteiger partial charge on any atom is 0.244 e. The predicted molar refractivity (Wildman–Crippen MR) is 164 cm³/mol. The van der Waals surface area contributed by atoms with E-state index in [1.54, 1.807) is 0 Å². The van der Waals surface area contributed by atoms with Gasteiger partial charge < -0.3 is 14.7 Å². The lowest BCUT2D eigenvalue weighted by molar-refractivity contribution is -0.645. The second kappa shape index (κ2) is 21.3. The van der Waals surface area contributed by atoms with Crippen molar-refractivity contribution in [2.75, 3.05) is 0 Å². The molecule has 212 valence electrons. The average Bonchev–Trinajstić information content (AvgIpc) is 3.32. The Kier molecular flexibility index (Phi) is 22.3. The zero-order chi connectivity index (χ0) is 26.4. The summed E-state index contributed by atoms with van der Waals surface area (Å²) in [5.74, 6) is -0.185. The smallest absolute Gasteiger partial charge is 0.244 e. The van der Waals surface area contributed by atoms with Crippen molar-refractivity contribution in [1.82, 2.24) is 9.13 Å². The first-order valence-electron chi connectivity index (χ1n) is 11.6. The first-order valence-corrected chi connectivity index (χ1v) is 11.6. The van der Waals surface area contributed by atoms with E-state index in [1.807, 2.05) is 0 Å². The Bertz CT molecular complexity index is 1150. The van der Waals surface area contributed by atoms with Crippen LogP contribution in [0.5, 0.6) is 0 Å². The quantitative estimate of drug-likeness (QED) is 0.253. The minimum Gasteiger partial charge on any atom is -0.386 e. The van der Waals surface area contributed by atoms with Crippen molar-refractivity contribution >= 4 is 74.4 Å². The number of rotatable bonds is 5. The SMILES string of the molecule is Br.Br.C.CC(=O)C(C)O.CC=O.CC=O.C[n+]1cn(CCCn2c[n+](C)c3ccccc32)c2ccccc21. The van der Waals surface area contributed by atoms with E-state index in [9.17, 15) is 4.79 Å². The molecular weight excluding hydrogens is 616 g/mol. The molecule has 2 heterocycles. The molecule has 2 aromatic carbocycles. The van der Waals surface area contributed by atoms with Gasteiger partial charge in [-0.2, -0.15) is 0 Å². The summed E-state index contributed by atoms with van der Waals surface area (Å²) in [6, 6.07) is 17.1. The number of aryl methyl sites for hydroxylation is 4. The van der Waals surface area contributed by atoms with Crippen molar-refractivity contribution in [3.05, 3.63) is 61.2 Å². The van der Waals surface area contributed by atoms with Gasteiger partial charge in [-0.25, -0.2) is 18.3 Å². The third-order valence-electron chi connectivity index (χ3n) is 5.15. The van der Waals surface area contributed by atoms with Gasteiger partial charge in [0.05, 0.1) is 27.2 Å². The maximum atomic E-state index is 9.89. The Balaban J connectivity index is -0.000000701. The molecule has 0 aliphatic rings. The fourth-order valence-corrected chi connectivity index (χ4v) is 3.45. The number of imidazole rings is 2. The van der Waals surface area contributed by atoms with E-state index in [-0.39, 0.29) is 47.2 Å². The van der Waals surface area contributed by atoms with Gasteiger partial charge >= 0.3 is 0 Å². The first kappa shape index (κ1) is 39.8. The van der Waals surface area contributed by atoms with Crippen molar-refractivity contribution < 1.29 is 28.6 Å². The highest BCUT2D eigenvalue weighted by molar-refractivity contribution is 8.93. The van der Waals surface area contributed by atoms with E-state index in [0.717, 1.165) is 32.1 Å². The van der Waals surface area contributed by atoms with Gasteiger partial charge in [-0.3, -0.25) is 4.79 Å². The highest BCUT2D eigenvalue weighted by Gasteiger charge is 2.14. The Labute approximate surface area is 247 Å². The molecule has 10 heteroatoms. The lowest BCUT2D eigenvalue weighted by atomic mass is 10.3. The summed E-state index contributed by atoms with van der Waals surface area (Å²) in [6.07, 6.45) is 6.21. The summed E-state index contributed by atoms with van der Waals surface area (Å²) < 4.78 is 9.09. The number of aliphatic hydroxyl groups is 1. The first-order chi connectivity index (χ1) is 16.7. The molecule has 0 aliphatic heterocycles. The second-order valence-electron chi connectivity index (χ2n) is 7.93. The highest BCUT2D eigenvalue weighted by atomic mass is 79.9. The van der Waals surface area contributed by atoms with Gasteiger partial charge in [0.2, 0.25) is 12.7 Å². The number of hydrogen-bond acceptors (Lipinski definition) is 4.